The zero-order valence-electron chi connectivity index (χ0n) is 37.6. The van der Waals surface area contributed by atoms with Crippen LogP contribution < -0.4 is 15.7 Å². The van der Waals surface area contributed by atoms with Crippen LogP contribution in [-0.4, -0.2) is 11.4 Å². The first kappa shape index (κ1) is 36.9. The Balaban J connectivity index is 1.14. The van der Waals surface area contributed by atoms with Crippen LogP contribution in [0.3, 0.4) is 0 Å². The molecule has 2 aliphatic heterocycles. The average Bonchev–Trinajstić information content (AvgIpc) is 3.99. The van der Waals surface area contributed by atoms with Crippen molar-refractivity contribution in [2.24, 2.45) is 0 Å². The highest BCUT2D eigenvalue weighted by atomic mass is 32.1. The van der Waals surface area contributed by atoms with Crippen LogP contribution >= 0.6 is 11.3 Å². The monoisotopic (exact) mass is 842 g/mol. The number of benzene rings is 8. The van der Waals surface area contributed by atoms with E-state index >= 15 is 0 Å². The van der Waals surface area contributed by atoms with E-state index in [1.54, 1.807) is 0 Å². The maximum absolute atomic E-state index is 6.60. The lowest BCUT2D eigenvalue weighted by Gasteiger charge is -2.42. The summed E-state index contributed by atoms with van der Waals surface area (Å²) in [6.07, 6.45) is 0. The minimum absolute atomic E-state index is 0.0365. The van der Waals surface area contributed by atoms with E-state index < -0.39 is 0 Å². The number of rotatable bonds is 1. The Morgan fingerprint density at radius 3 is 2.06 bits per heavy atom. The summed E-state index contributed by atoms with van der Waals surface area (Å²) in [5.74, 6) is 0. The van der Waals surface area contributed by atoms with Crippen molar-refractivity contribution in [3.05, 3.63) is 162 Å². The van der Waals surface area contributed by atoms with Crippen LogP contribution in [0.15, 0.2) is 144 Å². The van der Waals surface area contributed by atoms with Crippen molar-refractivity contribution in [1.82, 2.24) is 4.57 Å². The molecule has 11 aromatic rings. The molecule has 64 heavy (non-hydrogen) atoms. The average molecular weight is 843 g/mol. The molecular formula is C59H47BN2OS. The Labute approximate surface area is 377 Å². The molecule has 0 saturated carbocycles. The highest BCUT2D eigenvalue weighted by molar-refractivity contribution is 7.25. The van der Waals surface area contributed by atoms with Crippen molar-refractivity contribution >= 4 is 104 Å². The SMILES string of the molecule is CC(C)(C)c1ccc(N2B3c4cc5c(cc4-n4c6cc7c(cc6c6ccc(c3c64)-c3cc4sc6cc(C(C)(C)C)ccc6c4cc32)oc2ccccc27)-c2ccccc2C5(C)C)cc1. The van der Waals surface area contributed by atoms with Gasteiger partial charge in [0.2, 0.25) is 0 Å². The number of nitrogens with zero attached hydrogens (tertiary/aromatic N) is 2. The van der Waals surface area contributed by atoms with Gasteiger partial charge in [-0.2, -0.15) is 0 Å². The van der Waals surface area contributed by atoms with Crippen LogP contribution in [0.2, 0.25) is 0 Å². The molecule has 8 aromatic carbocycles. The molecular weight excluding hydrogens is 796 g/mol. The summed E-state index contributed by atoms with van der Waals surface area (Å²) in [6.45, 7) is 18.6. The fourth-order valence-corrected chi connectivity index (χ4v) is 13.1. The summed E-state index contributed by atoms with van der Waals surface area (Å²) in [4.78, 5) is 2.71. The van der Waals surface area contributed by atoms with Gasteiger partial charge in [-0.1, -0.05) is 140 Å². The number of aromatic nitrogens is 1. The van der Waals surface area contributed by atoms with E-state index in [0.717, 1.165) is 21.9 Å². The minimum Gasteiger partial charge on any atom is -0.456 e. The van der Waals surface area contributed by atoms with Crippen LogP contribution in [0.5, 0.6) is 0 Å². The zero-order valence-corrected chi connectivity index (χ0v) is 38.4. The van der Waals surface area contributed by atoms with Gasteiger partial charge < -0.3 is 13.8 Å². The molecule has 0 saturated heterocycles. The third-order valence-corrected chi connectivity index (χ3v) is 16.4. The normalized spacial score (nSPS) is 14.9. The molecule has 0 atom stereocenters. The van der Waals surface area contributed by atoms with Crippen LogP contribution in [0.4, 0.5) is 11.4 Å². The first-order chi connectivity index (χ1) is 30.7. The molecule has 0 radical (unpaired) electrons. The van der Waals surface area contributed by atoms with Gasteiger partial charge in [0, 0.05) is 69.8 Å². The molecule has 5 heteroatoms. The number of hydrogen-bond acceptors (Lipinski definition) is 3. The summed E-state index contributed by atoms with van der Waals surface area (Å²) < 4.78 is 11.9. The number of para-hydroxylation sites is 1. The summed E-state index contributed by atoms with van der Waals surface area (Å²) in [6, 6.07) is 54.0. The van der Waals surface area contributed by atoms with Crippen LogP contribution in [0.1, 0.15) is 77.6 Å². The van der Waals surface area contributed by atoms with Crippen molar-refractivity contribution in [3.8, 4) is 27.9 Å². The van der Waals surface area contributed by atoms with E-state index in [2.05, 4.69) is 204 Å². The molecule has 1 aliphatic carbocycles. The Kier molecular flexibility index (Phi) is 6.89. The fraction of sp³-hybridized carbons (Fsp3) is 0.186. The summed E-state index contributed by atoms with van der Waals surface area (Å²) in [5, 5.41) is 7.44. The molecule has 0 N–H and O–H groups in total. The molecule has 0 spiro atoms. The molecule has 5 heterocycles. The smallest absolute Gasteiger partial charge is 0.333 e. The van der Waals surface area contributed by atoms with Crippen molar-refractivity contribution < 1.29 is 4.42 Å². The fourth-order valence-electron chi connectivity index (χ4n) is 11.9. The Morgan fingerprint density at radius 2 is 1.25 bits per heavy atom. The van der Waals surface area contributed by atoms with Crippen molar-refractivity contribution in [2.45, 2.75) is 71.6 Å². The number of hydrogen-bond donors (Lipinski definition) is 0. The van der Waals surface area contributed by atoms with Crippen molar-refractivity contribution in [1.29, 1.82) is 0 Å². The lowest BCUT2D eigenvalue weighted by molar-refractivity contribution is 0.590. The van der Waals surface area contributed by atoms with Gasteiger partial charge in [-0.05, 0) is 115 Å². The first-order valence-corrected chi connectivity index (χ1v) is 23.7. The summed E-state index contributed by atoms with van der Waals surface area (Å²) in [7, 11) is 0. The van der Waals surface area contributed by atoms with E-state index in [0.29, 0.717) is 0 Å². The highest BCUT2D eigenvalue weighted by Crippen LogP contribution is 2.53. The van der Waals surface area contributed by atoms with Gasteiger partial charge in [0.05, 0.1) is 11.0 Å². The van der Waals surface area contributed by atoms with E-state index in [9.17, 15) is 0 Å². The molecule has 308 valence electrons. The summed E-state index contributed by atoms with van der Waals surface area (Å²) >= 11 is 1.93. The predicted octanol–water partition coefficient (Wildman–Crippen LogP) is 15.2. The second-order valence-electron chi connectivity index (χ2n) is 21.3. The minimum atomic E-state index is -0.157. The quantitative estimate of drug-likeness (QED) is 0.154. The van der Waals surface area contributed by atoms with Crippen LogP contribution in [0, 0.1) is 0 Å². The van der Waals surface area contributed by atoms with E-state index in [-0.39, 0.29) is 23.1 Å². The third kappa shape index (κ3) is 4.68. The van der Waals surface area contributed by atoms with Gasteiger partial charge in [0.25, 0.3) is 0 Å². The number of fused-ring (bicyclic) bond motifs is 17. The van der Waals surface area contributed by atoms with E-state index in [4.69, 9.17) is 4.42 Å². The predicted molar refractivity (Wildman–Crippen MR) is 275 cm³/mol. The molecule has 0 bridgehead atoms. The standard InChI is InChI=1S/C59H47BN2OS/c1-57(2,3)32-17-20-34(21-18-32)62-49-28-44-37-22-19-33(58(4,5)6)25-53(37)64-54(44)30-42(49)38-23-24-39-41-29-52-43(36-14-10-12-16-51(36)63-52)27-48(41)61-50-26-40-35-13-9-11-15-45(35)59(7,8)46(40)31-47(50)60(62)55(38)56(39)61/h9-31H,1-8H3. The van der Waals surface area contributed by atoms with Crippen LogP contribution in [-0.2, 0) is 16.2 Å². The topological polar surface area (TPSA) is 21.3 Å². The number of thiophene rings is 1. The Morgan fingerprint density at radius 1 is 0.516 bits per heavy atom. The molecule has 0 unspecified atom stereocenters. The summed E-state index contributed by atoms with van der Waals surface area (Å²) in [5.41, 5.74) is 21.5. The Bertz CT molecular complexity index is 3900. The van der Waals surface area contributed by atoms with E-state index in [1.807, 2.05) is 11.3 Å². The van der Waals surface area contributed by atoms with Crippen LogP contribution in [0.25, 0.3) is 91.9 Å². The number of anilines is 2. The Hall–Kier alpha value is -6.56. The van der Waals surface area contributed by atoms with Crippen molar-refractivity contribution in [3.63, 3.8) is 0 Å². The first-order valence-electron chi connectivity index (χ1n) is 22.9. The second kappa shape index (κ2) is 12.0. The molecule has 3 aliphatic rings. The van der Waals surface area contributed by atoms with Gasteiger partial charge in [0.15, 0.2) is 0 Å². The van der Waals surface area contributed by atoms with Gasteiger partial charge >= 0.3 is 6.85 Å². The van der Waals surface area contributed by atoms with E-state index in [1.165, 1.54) is 114 Å². The van der Waals surface area contributed by atoms with Gasteiger partial charge in [-0.25, -0.2) is 0 Å². The van der Waals surface area contributed by atoms with Gasteiger partial charge in [0.1, 0.15) is 11.2 Å². The molecule has 0 fully saturated rings. The molecule has 3 aromatic heterocycles. The largest absolute Gasteiger partial charge is 0.456 e. The lowest BCUT2D eigenvalue weighted by Crippen LogP contribution is -2.60. The highest BCUT2D eigenvalue weighted by Gasteiger charge is 2.46. The number of furan rings is 1. The second-order valence-corrected chi connectivity index (χ2v) is 22.4. The lowest BCUT2D eigenvalue weighted by atomic mass is 9.43. The molecule has 14 rings (SSSR count). The third-order valence-electron chi connectivity index (χ3n) is 15.3. The van der Waals surface area contributed by atoms with Gasteiger partial charge in [-0.15, -0.1) is 11.3 Å². The van der Waals surface area contributed by atoms with Gasteiger partial charge in [-0.3, -0.25) is 0 Å². The molecule has 3 nitrogen and oxygen atoms in total. The molecule has 0 amide bonds. The van der Waals surface area contributed by atoms with Crippen molar-refractivity contribution in [2.75, 3.05) is 4.81 Å². The maximum atomic E-state index is 6.60. The zero-order chi connectivity index (χ0) is 43.3. The maximum Gasteiger partial charge on any atom is 0.333 e.